The van der Waals surface area contributed by atoms with Crippen LogP contribution in [0.1, 0.15) is 41.6 Å². The van der Waals surface area contributed by atoms with Gasteiger partial charge in [0.2, 0.25) is 0 Å². The van der Waals surface area contributed by atoms with E-state index in [2.05, 4.69) is 17.2 Å². The zero-order valence-corrected chi connectivity index (χ0v) is 13.2. The van der Waals surface area contributed by atoms with Gasteiger partial charge in [-0.1, -0.05) is 0 Å². The molecule has 0 saturated heterocycles. The van der Waals surface area contributed by atoms with Gasteiger partial charge in [-0.2, -0.15) is 0 Å². The molecule has 106 valence electrons. The molecular weight excluding hydrogens is 291 g/mol. The topological polar surface area (TPSA) is 24.9 Å². The van der Waals surface area contributed by atoms with Crippen LogP contribution in [-0.2, 0) is 0 Å². The molecule has 1 aliphatic rings. The number of nitrogens with one attached hydrogen (secondary N) is 1. The van der Waals surface area contributed by atoms with Crippen molar-refractivity contribution in [3.8, 4) is 0 Å². The monoisotopic (exact) mass is 308 g/mol. The molecule has 1 aliphatic heterocycles. The number of rotatable bonds is 3. The highest BCUT2D eigenvalue weighted by Gasteiger charge is 2.24. The van der Waals surface area contributed by atoms with Gasteiger partial charge in [0.15, 0.2) is 0 Å². The molecule has 1 aromatic carbocycles. The van der Waals surface area contributed by atoms with E-state index in [0.29, 0.717) is 0 Å². The minimum absolute atomic E-state index is 0.153. The minimum atomic E-state index is -0.153. The Balaban J connectivity index is 1.83. The molecule has 0 aliphatic carbocycles. The van der Waals surface area contributed by atoms with Crippen LogP contribution in [0.25, 0.3) is 0 Å². The van der Waals surface area contributed by atoms with Gasteiger partial charge in [-0.15, -0.1) is 23.1 Å². The first kappa shape index (κ1) is 14.0. The van der Waals surface area contributed by atoms with Crippen LogP contribution < -0.4 is 5.32 Å². The van der Waals surface area contributed by atoms with Gasteiger partial charge in [-0.3, -0.25) is 0 Å². The SMILES string of the molecule is Cc1ncsc1C(C)NC1CCSc2ccc(F)cc21. The molecule has 2 aromatic rings. The molecule has 5 heteroatoms. The number of aryl methyl sites for hydroxylation is 1. The van der Waals surface area contributed by atoms with E-state index in [0.717, 1.165) is 23.4 Å². The number of fused-ring (bicyclic) bond motifs is 1. The van der Waals surface area contributed by atoms with Gasteiger partial charge in [0.1, 0.15) is 5.82 Å². The molecule has 1 N–H and O–H groups in total. The van der Waals surface area contributed by atoms with Crippen LogP contribution >= 0.6 is 23.1 Å². The van der Waals surface area contributed by atoms with Crippen molar-refractivity contribution in [1.29, 1.82) is 0 Å². The molecule has 2 unspecified atom stereocenters. The van der Waals surface area contributed by atoms with Crippen molar-refractivity contribution in [3.63, 3.8) is 0 Å². The van der Waals surface area contributed by atoms with Gasteiger partial charge < -0.3 is 5.32 Å². The highest BCUT2D eigenvalue weighted by atomic mass is 32.2. The van der Waals surface area contributed by atoms with Crippen LogP contribution in [0.3, 0.4) is 0 Å². The fraction of sp³-hybridized carbons (Fsp3) is 0.400. The van der Waals surface area contributed by atoms with Gasteiger partial charge in [-0.05, 0) is 49.8 Å². The summed E-state index contributed by atoms with van der Waals surface area (Å²) in [5, 5.41) is 3.64. The Bertz CT molecular complexity index is 612. The lowest BCUT2D eigenvalue weighted by molar-refractivity contribution is 0.450. The van der Waals surface area contributed by atoms with Crippen LogP contribution in [-0.4, -0.2) is 10.7 Å². The molecule has 0 spiro atoms. The van der Waals surface area contributed by atoms with E-state index in [1.54, 1.807) is 23.5 Å². The second kappa shape index (κ2) is 5.84. The third kappa shape index (κ3) is 2.75. The largest absolute Gasteiger partial charge is 0.302 e. The molecule has 2 heterocycles. The summed E-state index contributed by atoms with van der Waals surface area (Å²) in [4.78, 5) is 6.77. The van der Waals surface area contributed by atoms with Crippen LogP contribution in [0.5, 0.6) is 0 Å². The number of hydrogen-bond donors (Lipinski definition) is 1. The predicted molar refractivity (Wildman–Crippen MR) is 82.9 cm³/mol. The smallest absolute Gasteiger partial charge is 0.123 e. The van der Waals surface area contributed by atoms with Gasteiger partial charge >= 0.3 is 0 Å². The van der Waals surface area contributed by atoms with Crippen molar-refractivity contribution >= 4 is 23.1 Å². The molecule has 20 heavy (non-hydrogen) atoms. The number of aromatic nitrogens is 1. The average molecular weight is 308 g/mol. The molecule has 0 bridgehead atoms. The van der Waals surface area contributed by atoms with Gasteiger partial charge in [-0.25, -0.2) is 9.37 Å². The molecule has 1 aromatic heterocycles. The maximum Gasteiger partial charge on any atom is 0.123 e. The van der Waals surface area contributed by atoms with Crippen molar-refractivity contribution in [2.75, 3.05) is 5.75 Å². The van der Waals surface area contributed by atoms with E-state index in [-0.39, 0.29) is 17.9 Å². The van der Waals surface area contributed by atoms with Crippen LogP contribution in [0.4, 0.5) is 4.39 Å². The molecule has 0 amide bonds. The van der Waals surface area contributed by atoms with Crippen LogP contribution in [0.15, 0.2) is 28.6 Å². The fourth-order valence-corrected chi connectivity index (χ4v) is 4.57. The maximum atomic E-state index is 13.5. The van der Waals surface area contributed by atoms with E-state index < -0.39 is 0 Å². The quantitative estimate of drug-likeness (QED) is 0.905. The predicted octanol–water partition coefficient (Wildman–Crippen LogP) is 4.48. The van der Waals surface area contributed by atoms with Crippen molar-refractivity contribution in [1.82, 2.24) is 10.3 Å². The van der Waals surface area contributed by atoms with Crippen LogP contribution in [0.2, 0.25) is 0 Å². The van der Waals surface area contributed by atoms with Crippen LogP contribution in [0, 0.1) is 12.7 Å². The molecule has 0 radical (unpaired) electrons. The number of hydrogen-bond acceptors (Lipinski definition) is 4. The van der Waals surface area contributed by atoms with E-state index in [4.69, 9.17) is 0 Å². The van der Waals surface area contributed by atoms with E-state index in [1.165, 1.54) is 9.77 Å². The normalized spacial score (nSPS) is 19.6. The Labute approximate surface area is 126 Å². The fourth-order valence-electron chi connectivity index (χ4n) is 2.64. The standard InChI is InChI=1S/C15H17FN2S2/c1-9-15(20-8-17-9)10(2)18-13-5-6-19-14-4-3-11(16)7-12(13)14/h3-4,7-8,10,13,18H,5-6H2,1-2H3. The lowest BCUT2D eigenvalue weighted by Crippen LogP contribution is -2.27. The summed E-state index contributed by atoms with van der Waals surface area (Å²) in [6, 6.07) is 5.58. The summed E-state index contributed by atoms with van der Waals surface area (Å²) < 4.78 is 13.5. The molecule has 2 nitrogen and oxygen atoms in total. The Hall–Kier alpha value is -0.910. The highest BCUT2D eigenvalue weighted by molar-refractivity contribution is 7.99. The first-order valence-electron chi connectivity index (χ1n) is 6.73. The molecular formula is C15H17FN2S2. The summed E-state index contributed by atoms with van der Waals surface area (Å²) >= 11 is 3.49. The minimum Gasteiger partial charge on any atom is -0.302 e. The summed E-state index contributed by atoms with van der Waals surface area (Å²) in [5.41, 5.74) is 4.06. The Morgan fingerprint density at radius 1 is 1.45 bits per heavy atom. The second-order valence-electron chi connectivity index (χ2n) is 5.06. The maximum absolute atomic E-state index is 13.5. The number of nitrogens with zero attached hydrogens (tertiary/aromatic N) is 1. The highest BCUT2D eigenvalue weighted by Crippen LogP contribution is 2.38. The second-order valence-corrected chi connectivity index (χ2v) is 7.09. The third-order valence-electron chi connectivity index (χ3n) is 3.64. The number of thioether (sulfide) groups is 1. The Kier molecular flexibility index (Phi) is 4.10. The van der Waals surface area contributed by atoms with E-state index in [1.807, 2.05) is 30.3 Å². The lowest BCUT2D eigenvalue weighted by Gasteiger charge is -2.28. The summed E-state index contributed by atoms with van der Waals surface area (Å²) in [7, 11) is 0. The third-order valence-corrected chi connectivity index (χ3v) is 5.87. The molecule has 2 atom stereocenters. The number of benzene rings is 1. The summed E-state index contributed by atoms with van der Waals surface area (Å²) in [6.07, 6.45) is 1.03. The average Bonchev–Trinajstić information content (AvgIpc) is 2.86. The van der Waals surface area contributed by atoms with Crippen molar-refractivity contribution < 1.29 is 4.39 Å². The summed E-state index contributed by atoms with van der Waals surface area (Å²) in [5.74, 6) is 0.921. The van der Waals surface area contributed by atoms with Gasteiger partial charge in [0.25, 0.3) is 0 Å². The lowest BCUT2D eigenvalue weighted by atomic mass is 10.0. The van der Waals surface area contributed by atoms with E-state index in [9.17, 15) is 4.39 Å². The van der Waals surface area contributed by atoms with Crippen molar-refractivity contribution in [2.45, 2.75) is 37.2 Å². The molecule has 3 rings (SSSR count). The molecule has 0 saturated carbocycles. The number of thiazole rings is 1. The zero-order valence-electron chi connectivity index (χ0n) is 11.5. The first-order chi connectivity index (χ1) is 9.65. The molecule has 0 fully saturated rings. The van der Waals surface area contributed by atoms with E-state index >= 15 is 0 Å². The van der Waals surface area contributed by atoms with Gasteiger partial charge in [0.05, 0.1) is 11.2 Å². The van der Waals surface area contributed by atoms with Crippen molar-refractivity contribution in [2.24, 2.45) is 0 Å². The first-order valence-corrected chi connectivity index (χ1v) is 8.60. The van der Waals surface area contributed by atoms with Gasteiger partial charge in [0, 0.05) is 21.9 Å². The Morgan fingerprint density at radius 2 is 2.30 bits per heavy atom. The zero-order chi connectivity index (χ0) is 14.1. The summed E-state index contributed by atoms with van der Waals surface area (Å²) in [6.45, 7) is 4.19. The number of halogens is 1. The van der Waals surface area contributed by atoms with Crippen molar-refractivity contribution in [3.05, 3.63) is 45.7 Å². The Morgan fingerprint density at radius 3 is 3.05 bits per heavy atom.